The molecule has 0 spiro atoms. The molecule has 0 radical (unpaired) electrons. The van der Waals surface area contributed by atoms with Gasteiger partial charge in [0.05, 0.1) is 11.3 Å². The Bertz CT molecular complexity index is 1290. The topological polar surface area (TPSA) is 89.8 Å². The monoisotopic (exact) mass is 509 g/mol. The first-order valence-corrected chi connectivity index (χ1v) is 10.3. The van der Waals surface area contributed by atoms with Crippen molar-refractivity contribution < 1.29 is 31.1 Å². The molecule has 4 rings (SSSR count). The van der Waals surface area contributed by atoms with E-state index in [0.29, 0.717) is 0 Å². The van der Waals surface area contributed by atoms with Gasteiger partial charge < -0.3 is 15.4 Å². The largest absolute Gasteiger partial charge is 0.454 e. The minimum atomic E-state index is -4.65. The highest BCUT2D eigenvalue weighted by atomic mass is 19.4. The second-order valence-electron chi connectivity index (χ2n) is 7.34. The van der Waals surface area contributed by atoms with E-state index in [1.165, 1.54) is 12.1 Å². The summed E-state index contributed by atoms with van der Waals surface area (Å²) < 4.78 is 83.1. The van der Waals surface area contributed by atoms with E-state index in [1.54, 1.807) is 35.3 Å². The number of benzene rings is 2. The van der Waals surface area contributed by atoms with Crippen molar-refractivity contribution >= 4 is 17.6 Å². The van der Waals surface area contributed by atoms with Gasteiger partial charge in [0.15, 0.2) is 6.61 Å². The number of ether oxygens (including phenoxy) is 1. The summed E-state index contributed by atoms with van der Waals surface area (Å²) >= 11 is 0. The highest BCUT2D eigenvalue weighted by molar-refractivity contribution is 5.56. The SMILES string of the molecule is FC(F)(F)COc1nc(NCc2ccc(-n3cccn3)cc2)nc(Nc2cccc(C(F)(F)F)c2)n1. The van der Waals surface area contributed by atoms with Crippen LogP contribution in [-0.2, 0) is 12.7 Å². The van der Waals surface area contributed by atoms with E-state index in [9.17, 15) is 26.3 Å². The number of alkyl halides is 6. The average molecular weight is 509 g/mol. The van der Waals surface area contributed by atoms with Crippen LogP contribution in [0.3, 0.4) is 0 Å². The molecule has 0 unspecified atom stereocenters. The van der Waals surface area contributed by atoms with Gasteiger partial charge in [0, 0.05) is 24.6 Å². The van der Waals surface area contributed by atoms with Crippen molar-refractivity contribution in [1.82, 2.24) is 24.7 Å². The molecule has 14 heteroatoms. The molecule has 0 saturated heterocycles. The summed E-state index contributed by atoms with van der Waals surface area (Å²) in [6, 6.07) is 12.5. The van der Waals surface area contributed by atoms with Gasteiger partial charge in [-0.1, -0.05) is 18.2 Å². The van der Waals surface area contributed by atoms with Gasteiger partial charge in [-0.15, -0.1) is 0 Å². The molecule has 188 valence electrons. The van der Waals surface area contributed by atoms with Crippen LogP contribution in [0, 0.1) is 0 Å². The third kappa shape index (κ3) is 6.84. The Kier molecular flexibility index (Phi) is 6.94. The second-order valence-corrected chi connectivity index (χ2v) is 7.34. The number of hydrogen-bond acceptors (Lipinski definition) is 7. The van der Waals surface area contributed by atoms with Crippen LogP contribution < -0.4 is 15.4 Å². The van der Waals surface area contributed by atoms with Crippen molar-refractivity contribution in [1.29, 1.82) is 0 Å². The molecule has 2 heterocycles. The van der Waals surface area contributed by atoms with Crippen molar-refractivity contribution in [3.8, 4) is 11.7 Å². The van der Waals surface area contributed by atoms with Gasteiger partial charge in [0.2, 0.25) is 11.9 Å². The normalized spacial score (nSPS) is 11.8. The molecule has 2 aromatic heterocycles. The molecule has 4 aromatic rings. The maximum atomic E-state index is 13.0. The van der Waals surface area contributed by atoms with E-state index >= 15 is 0 Å². The third-order valence-corrected chi connectivity index (χ3v) is 4.58. The Balaban J connectivity index is 1.52. The Morgan fingerprint density at radius 2 is 1.61 bits per heavy atom. The van der Waals surface area contributed by atoms with Gasteiger partial charge in [-0.2, -0.15) is 46.4 Å². The van der Waals surface area contributed by atoms with Crippen LogP contribution >= 0.6 is 0 Å². The van der Waals surface area contributed by atoms with Gasteiger partial charge >= 0.3 is 18.4 Å². The number of nitrogens with zero attached hydrogens (tertiary/aromatic N) is 5. The van der Waals surface area contributed by atoms with Crippen LogP contribution in [0.1, 0.15) is 11.1 Å². The summed E-state index contributed by atoms with van der Waals surface area (Å²) in [6.07, 6.45) is -5.82. The van der Waals surface area contributed by atoms with Crippen LogP contribution in [0.5, 0.6) is 6.01 Å². The summed E-state index contributed by atoms with van der Waals surface area (Å²) in [5.41, 5.74) is 0.653. The second kappa shape index (κ2) is 10.1. The van der Waals surface area contributed by atoms with Gasteiger partial charge in [-0.25, -0.2) is 4.68 Å². The Morgan fingerprint density at radius 1 is 0.861 bits per heavy atom. The van der Waals surface area contributed by atoms with Crippen molar-refractivity contribution in [3.05, 3.63) is 78.1 Å². The van der Waals surface area contributed by atoms with Gasteiger partial charge in [-0.05, 0) is 42.0 Å². The van der Waals surface area contributed by atoms with Crippen LogP contribution in [0.4, 0.5) is 43.9 Å². The molecule has 0 amide bonds. The Hall–Kier alpha value is -4.36. The lowest BCUT2D eigenvalue weighted by molar-refractivity contribution is -0.154. The zero-order chi connectivity index (χ0) is 25.8. The quantitative estimate of drug-likeness (QED) is 0.309. The van der Waals surface area contributed by atoms with Gasteiger partial charge in [-0.3, -0.25) is 0 Å². The molecular weight excluding hydrogens is 492 g/mol. The summed E-state index contributed by atoms with van der Waals surface area (Å²) in [4.78, 5) is 11.6. The standard InChI is InChI=1S/C22H17F6N7O/c23-21(24,25)13-36-20-33-18(29-12-14-5-7-17(8-6-14)35-10-2-9-30-35)32-19(34-20)31-16-4-1-3-15(11-16)22(26,27)28/h1-11H,12-13H2,(H2,29,31,32,33,34). The molecule has 0 fully saturated rings. The van der Waals surface area contributed by atoms with E-state index < -0.39 is 30.5 Å². The molecule has 0 aliphatic rings. The molecule has 0 aliphatic heterocycles. The first-order chi connectivity index (χ1) is 17.0. The van der Waals surface area contributed by atoms with Crippen LogP contribution in [0.15, 0.2) is 67.0 Å². The summed E-state index contributed by atoms with van der Waals surface area (Å²) in [5, 5.41) is 9.52. The van der Waals surface area contributed by atoms with Gasteiger partial charge in [0.25, 0.3) is 0 Å². The molecular formula is C22H17F6N7O. The predicted octanol–water partition coefficient (Wildman–Crippen LogP) is 5.37. The Labute approximate surface area is 200 Å². The maximum absolute atomic E-state index is 13.0. The van der Waals surface area contributed by atoms with Crippen molar-refractivity contribution in [2.75, 3.05) is 17.2 Å². The van der Waals surface area contributed by atoms with E-state index in [4.69, 9.17) is 0 Å². The Morgan fingerprint density at radius 3 is 2.28 bits per heavy atom. The lowest BCUT2D eigenvalue weighted by Crippen LogP contribution is -2.21. The number of rotatable bonds is 8. The average Bonchev–Trinajstić information content (AvgIpc) is 3.36. The zero-order valence-corrected chi connectivity index (χ0v) is 18.2. The summed E-state index contributed by atoms with van der Waals surface area (Å²) in [5.74, 6) is -0.453. The molecule has 8 nitrogen and oxygen atoms in total. The fourth-order valence-electron chi connectivity index (χ4n) is 2.97. The van der Waals surface area contributed by atoms with Gasteiger partial charge in [0.1, 0.15) is 0 Å². The van der Waals surface area contributed by atoms with Crippen LogP contribution in [0.2, 0.25) is 0 Å². The summed E-state index contributed by atoms with van der Waals surface area (Å²) in [7, 11) is 0. The number of anilines is 3. The molecule has 0 aliphatic carbocycles. The van der Waals surface area contributed by atoms with Crippen molar-refractivity contribution in [2.24, 2.45) is 0 Å². The molecule has 0 atom stereocenters. The predicted molar refractivity (Wildman–Crippen MR) is 117 cm³/mol. The number of halogens is 6. The first kappa shape index (κ1) is 24.8. The first-order valence-electron chi connectivity index (χ1n) is 10.3. The highest BCUT2D eigenvalue weighted by Gasteiger charge is 2.31. The fourth-order valence-corrected chi connectivity index (χ4v) is 2.97. The molecule has 0 bridgehead atoms. The number of aromatic nitrogens is 5. The minimum absolute atomic E-state index is 0.0297. The smallest absolute Gasteiger partial charge is 0.422 e. The lowest BCUT2D eigenvalue weighted by Gasteiger charge is -2.13. The molecule has 2 N–H and O–H groups in total. The van der Waals surface area contributed by atoms with E-state index in [0.717, 1.165) is 23.4 Å². The van der Waals surface area contributed by atoms with Crippen LogP contribution in [0.25, 0.3) is 5.69 Å². The van der Waals surface area contributed by atoms with Crippen molar-refractivity contribution in [2.45, 2.75) is 18.9 Å². The van der Waals surface area contributed by atoms with E-state index in [-0.39, 0.29) is 24.1 Å². The number of hydrogen-bond donors (Lipinski definition) is 2. The van der Waals surface area contributed by atoms with E-state index in [1.807, 2.05) is 12.1 Å². The third-order valence-electron chi connectivity index (χ3n) is 4.58. The molecule has 0 saturated carbocycles. The molecule has 36 heavy (non-hydrogen) atoms. The van der Waals surface area contributed by atoms with Crippen molar-refractivity contribution in [3.63, 3.8) is 0 Å². The highest BCUT2D eigenvalue weighted by Crippen LogP contribution is 2.31. The van der Waals surface area contributed by atoms with E-state index in [2.05, 4.69) is 35.4 Å². The number of nitrogens with one attached hydrogen (secondary N) is 2. The lowest BCUT2D eigenvalue weighted by atomic mass is 10.2. The fraction of sp³-hybridized carbons (Fsp3) is 0.182. The minimum Gasteiger partial charge on any atom is -0.454 e. The molecule has 2 aromatic carbocycles. The maximum Gasteiger partial charge on any atom is 0.422 e. The van der Waals surface area contributed by atoms with Crippen LogP contribution in [-0.4, -0.2) is 37.5 Å². The summed E-state index contributed by atoms with van der Waals surface area (Å²) in [6.45, 7) is -1.47. The zero-order valence-electron chi connectivity index (χ0n) is 18.2.